The number of carbonyl (C=O) groups excluding carboxylic acids is 1. The van der Waals surface area contributed by atoms with E-state index in [2.05, 4.69) is 39.8 Å². The summed E-state index contributed by atoms with van der Waals surface area (Å²) >= 11 is 0. The van der Waals surface area contributed by atoms with Crippen molar-refractivity contribution in [3.8, 4) is 0 Å². The van der Waals surface area contributed by atoms with Gasteiger partial charge in [0, 0.05) is 18.0 Å². The first-order valence-corrected chi connectivity index (χ1v) is 8.04. The number of amides is 1. The molecule has 0 aliphatic heterocycles. The Morgan fingerprint density at radius 2 is 2.05 bits per heavy atom. The fourth-order valence-corrected chi connectivity index (χ4v) is 2.89. The molecule has 1 aromatic carbocycles. The third-order valence-corrected chi connectivity index (χ3v) is 4.28. The zero-order chi connectivity index (χ0) is 15.4. The second kappa shape index (κ2) is 6.73. The Morgan fingerprint density at radius 1 is 1.27 bits per heavy atom. The van der Waals surface area contributed by atoms with E-state index in [4.69, 9.17) is 0 Å². The molecule has 0 saturated heterocycles. The molecule has 1 aliphatic rings. The van der Waals surface area contributed by atoms with Crippen molar-refractivity contribution in [2.45, 2.75) is 45.4 Å². The molecule has 22 heavy (non-hydrogen) atoms. The van der Waals surface area contributed by atoms with Gasteiger partial charge in [0.15, 0.2) is 0 Å². The minimum absolute atomic E-state index is 0.0163. The largest absolute Gasteiger partial charge is 0.326 e. The minimum Gasteiger partial charge on any atom is -0.326 e. The Hall–Kier alpha value is -2.17. The van der Waals surface area contributed by atoms with E-state index >= 15 is 0 Å². The maximum atomic E-state index is 12.4. The Morgan fingerprint density at radius 3 is 2.82 bits per heavy atom. The standard InChI is InChI=1S/C17H22N4O/c1-2-3-4-12-5-8-14(9-6-12)18-17(22)13-7-10-15-16(11-13)20-21-19-15/h5-6,8-9,13H,2-4,7,10-11H2,1H3,(H,18,22)(H,19,20,21). The molecular formula is C17H22N4O. The van der Waals surface area contributed by atoms with Crippen LogP contribution in [0.4, 0.5) is 5.69 Å². The van der Waals surface area contributed by atoms with Gasteiger partial charge in [0.2, 0.25) is 5.91 Å². The van der Waals surface area contributed by atoms with E-state index in [0.717, 1.165) is 36.3 Å². The first kappa shape index (κ1) is 14.8. The molecule has 2 N–H and O–H groups in total. The highest BCUT2D eigenvalue weighted by atomic mass is 16.1. The number of H-pyrrole nitrogens is 1. The summed E-state index contributed by atoms with van der Waals surface area (Å²) in [5.41, 5.74) is 4.13. The number of aromatic amines is 1. The van der Waals surface area contributed by atoms with Crippen LogP contribution in [0.2, 0.25) is 0 Å². The number of nitrogens with one attached hydrogen (secondary N) is 2. The van der Waals surface area contributed by atoms with Crippen molar-refractivity contribution in [3.63, 3.8) is 0 Å². The van der Waals surface area contributed by atoms with Gasteiger partial charge in [-0.3, -0.25) is 4.79 Å². The van der Waals surface area contributed by atoms with E-state index < -0.39 is 0 Å². The molecule has 2 aromatic rings. The summed E-state index contributed by atoms with van der Waals surface area (Å²) in [4.78, 5) is 12.4. The lowest BCUT2D eigenvalue weighted by Gasteiger charge is -2.19. The van der Waals surface area contributed by atoms with Crippen LogP contribution >= 0.6 is 0 Å². The summed E-state index contributed by atoms with van der Waals surface area (Å²) in [7, 11) is 0. The second-order valence-electron chi connectivity index (χ2n) is 5.95. The smallest absolute Gasteiger partial charge is 0.227 e. The first-order valence-electron chi connectivity index (χ1n) is 8.04. The zero-order valence-electron chi connectivity index (χ0n) is 12.9. The predicted octanol–water partition coefficient (Wildman–Crippen LogP) is 2.89. The van der Waals surface area contributed by atoms with Gasteiger partial charge in [-0.2, -0.15) is 15.4 Å². The molecule has 1 amide bonds. The Bertz CT molecular complexity index is 632. The third-order valence-electron chi connectivity index (χ3n) is 4.28. The minimum atomic E-state index is -0.0163. The van der Waals surface area contributed by atoms with Crippen LogP contribution in [-0.4, -0.2) is 21.3 Å². The van der Waals surface area contributed by atoms with E-state index in [0.29, 0.717) is 6.42 Å². The molecule has 116 valence electrons. The number of anilines is 1. The molecule has 1 unspecified atom stereocenters. The van der Waals surface area contributed by atoms with Gasteiger partial charge < -0.3 is 5.32 Å². The number of hydrogen-bond acceptors (Lipinski definition) is 3. The molecule has 0 spiro atoms. The van der Waals surface area contributed by atoms with E-state index in [9.17, 15) is 4.79 Å². The maximum Gasteiger partial charge on any atom is 0.227 e. The van der Waals surface area contributed by atoms with Gasteiger partial charge in [0.05, 0.1) is 11.4 Å². The van der Waals surface area contributed by atoms with Crippen LogP contribution in [0, 0.1) is 5.92 Å². The summed E-state index contributed by atoms with van der Waals surface area (Å²) in [5, 5.41) is 13.9. The lowest BCUT2D eigenvalue weighted by Crippen LogP contribution is -2.28. The predicted molar refractivity (Wildman–Crippen MR) is 85.6 cm³/mol. The van der Waals surface area contributed by atoms with E-state index in [1.807, 2.05) is 12.1 Å². The molecule has 3 rings (SSSR count). The number of aromatic nitrogens is 3. The molecule has 0 bridgehead atoms. The molecule has 0 fully saturated rings. The van der Waals surface area contributed by atoms with Crippen LogP contribution < -0.4 is 5.32 Å². The number of unbranched alkanes of at least 4 members (excludes halogenated alkanes) is 1. The topological polar surface area (TPSA) is 70.7 Å². The van der Waals surface area contributed by atoms with Gasteiger partial charge in [0.1, 0.15) is 0 Å². The van der Waals surface area contributed by atoms with Crippen LogP contribution in [0.25, 0.3) is 0 Å². The molecule has 1 heterocycles. The average Bonchev–Trinajstić information content (AvgIpc) is 3.01. The molecule has 0 radical (unpaired) electrons. The van der Waals surface area contributed by atoms with Crippen LogP contribution in [0.1, 0.15) is 43.1 Å². The number of aryl methyl sites for hydroxylation is 2. The number of nitrogens with zero attached hydrogens (tertiary/aromatic N) is 2. The number of hydrogen-bond donors (Lipinski definition) is 2. The molecule has 5 heteroatoms. The van der Waals surface area contributed by atoms with Crippen LogP contribution in [0.3, 0.4) is 0 Å². The van der Waals surface area contributed by atoms with Gasteiger partial charge in [-0.1, -0.05) is 25.5 Å². The molecular weight excluding hydrogens is 276 g/mol. The van der Waals surface area contributed by atoms with E-state index in [1.165, 1.54) is 18.4 Å². The summed E-state index contributed by atoms with van der Waals surface area (Å²) < 4.78 is 0. The number of fused-ring (bicyclic) bond motifs is 1. The van der Waals surface area contributed by atoms with Crippen LogP contribution in [0.5, 0.6) is 0 Å². The average molecular weight is 298 g/mol. The second-order valence-corrected chi connectivity index (χ2v) is 5.95. The summed E-state index contributed by atoms with van der Waals surface area (Å²) in [5.74, 6) is 0.0623. The normalized spacial score (nSPS) is 17.0. The SMILES string of the molecule is CCCCc1ccc(NC(=O)C2CCc3n[nH]nc3C2)cc1. The summed E-state index contributed by atoms with van der Waals surface area (Å²) in [6.07, 6.45) is 5.83. The molecule has 1 aromatic heterocycles. The number of rotatable bonds is 5. The first-order chi connectivity index (χ1) is 10.8. The van der Waals surface area contributed by atoms with Crippen molar-refractivity contribution in [2.75, 3.05) is 5.32 Å². The zero-order valence-corrected chi connectivity index (χ0v) is 12.9. The maximum absolute atomic E-state index is 12.4. The van der Waals surface area contributed by atoms with Crippen molar-refractivity contribution in [1.29, 1.82) is 0 Å². The monoisotopic (exact) mass is 298 g/mol. The van der Waals surface area contributed by atoms with Crippen molar-refractivity contribution in [2.24, 2.45) is 5.92 Å². The summed E-state index contributed by atoms with van der Waals surface area (Å²) in [6.45, 7) is 2.19. The lowest BCUT2D eigenvalue weighted by atomic mass is 9.89. The fraction of sp³-hybridized carbons (Fsp3) is 0.471. The summed E-state index contributed by atoms with van der Waals surface area (Å²) in [6, 6.07) is 8.18. The van der Waals surface area contributed by atoms with Gasteiger partial charge in [-0.15, -0.1) is 0 Å². The highest BCUT2D eigenvalue weighted by molar-refractivity contribution is 5.92. The van der Waals surface area contributed by atoms with E-state index in [-0.39, 0.29) is 11.8 Å². The number of carbonyl (C=O) groups is 1. The highest BCUT2D eigenvalue weighted by Gasteiger charge is 2.27. The Balaban J connectivity index is 1.58. The van der Waals surface area contributed by atoms with Gasteiger partial charge in [-0.05, 0) is 43.4 Å². The van der Waals surface area contributed by atoms with Gasteiger partial charge in [0.25, 0.3) is 0 Å². The molecule has 1 aliphatic carbocycles. The number of benzene rings is 1. The quantitative estimate of drug-likeness (QED) is 0.891. The Labute approximate surface area is 130 Å². The lowest BCUT2D eigenvalue weighted by molar-refractivity contribution is -0.120. The van der Waals surface area contributed by atoms with Gasteiger partial charge >= 0.3 is 0 Å². The van der Waals surface area contributed by atoms with Gasteiger partial charge in [-0.25, -0.2) is 0 Å². The van der Waals surface area contributed by atoms with Crippen molar-refractivity contribution >= 4 is 11.6 Å². The Kier molecular flexibility index (Phi) is 4.51. The highest BCUT2D eigenvalue weighted by Crippen LogP contribution is 2.23. The fourth-order valence-electron chi connectivity index (χ4n) is 2.89. The van der Waals surface area contributed by atoms with E-state index in [1.54, 1.807) is 0 Å². The van der Waals surface area contributed by atoms with Crippen LogP contribution in [-0.2, 0) is 24.1 Å². The van der Waals surface area contributed by atoms with Crippen LogP contribution in [0.15, 0.2) is 24.3 Å². The van der Waals surface area contributed by atoms with Crippen molar-refractivity contribution in [1.82, 2.24) is 15.4 Å². The molecule has 1 atom stereocenters. The third kappa shape index (κ3) is 3.35. The molecule has 5 nitrogen and oxygen atoms in total. The molecule has 0 saturated carbocycles. The van der Waals surface area contributed by atoms with Crippen molar-refractivity contribution in [3.05, 3.63) is 41.2 Å². The van der Waals surface area contributed by atoms with Crippen molar-refractivity contribution < 1.29 is 4.79 Å².